The third-order valence-electron chi connectivity index (χ3n) is 2.36. The summed E-state index contributed by atoms with van der Waals surface area (Å²) < 4.78 is 50.6. The van der Waals surface area contributed by atoms with E-state index in [0.29, 0.717) is 18.0 Å². The fraction of sp³-hybridized carbons (Fsp3) is 0.182. The molecule has 0 saturated carbocycles. The van der Waals surface area contributed by atoms with Crippen LogP contribution in [0.2, 0.25) is 0 Å². The quantitative estimate of drug-likeness (QED) is 0.834. The van der Waals surface area contributed by atoms with Crippen LogP contribution in [0.4, 0.5) is 23.5 Å². The number of amides is 1. The van der Waals surface area contributed by atoms with Crippen molar-refractivity contribution in [2.45, 2.75) is 13.1 Å². The average molecular weight is 288 g/mol. The maximum absolute atomic E-state index is 13.1. The Labute approximate surface area is 110 Å². The molecular weight excluding hydrogens is 280 g/mol. The number of alkyl halides is 3. The second-order valence-electron chi connectivity index (χ2n) is 3.89. The monoisotopic (exact) mass is 288 g/mol. The highest BCUT2D eigenvalue weighted by molar-refractivity contribution is 6.03. The number of nitrogens with zero attached hydrogens (tertiary/aromatic N) is 2. The van der Waals surface area contributed by atoms with Gasteiger partial charge in [0.2, 0.25) is 5.95 Å². The summed E-state index contributed by atoms with van der Waals surface area (Å²) in [5, 5.41) is 8.25. The number of aryl methyl sites for hydroxylation is 1. The molecule has 0 aliphatic heterocycles. The number of anilines is 1. The normalized spacial score (nSPS) is 11.4. The van der Waals surface area contributed by atoms with Crippen molar-refractivity contribution in [2.24, 2.45) is 0 Å². The van der Waals surface area contributed by atoms with Gasteiger partial charge in [-0.2, -0.15) is 18.2 Å². The highest BCUT2D eigenvalue weighted by atomic mass is 19.4. The number of benzene rings is 1. The summed E-state index contributed by atoms with van der Waals surface area (Å²) in [4.78, 5) is 15.5. The Kier molecular flexibility index (Phi) is 3.43. The van der Waals surface area contributed by atoms with E-state index >= 15 is 0 Å². The Morgan fingerprint density at radius 1 is 1.35 bits per heavy atom. The molecule has 0 unspecified atom stereocenters. The summed E-state index contributed by atoms with van der Waals surface area (Å²) in [7, 11) is 0. The van der Waals surface area contributed by atoms with Gasteiger partial charge in [-0.3, -0.25) is 15.2 Å². The molecule has 0 fully saturated rings. The van der Waals surface area contributed by atoms with Crippen LogP contribution in [0.1, 0.15) is 21.7 Å². The number of carbonyl (C=O) groups is 1. The van der Waals surface area contributed by atoms with Crippen molar-refractivity contribution in [1.82, 2.24) is 15.2 Å². The fourth-order valence-electron chi connectivity index (χ4n) is 1.46. The van der Waals surface area contributed by atoms with E-state index in [4.69, 9.17) is 0 Å². The molecule has 0 aliphatic carbocycles. The molecule has 20 heavy (non-hydrogen) atoms. The van der Waals surface area contributed by atoms with Crippen LogP contribution in [-0.2, 0) is 6.18 Å². The molecule has 0 bridgehead atoms. The number of halogens is 4. The van der Waals surface area contributed by atoms with Crippen molar-refractivity contribution >= 4 is 11.9 Å². The zero-order valence-electron chi connectivity index (χ0n) is 10.0. The maximum atomic E-state index is 13.1. The van der Waals surface area contributed by atoms with Gasteiger partial charge >= 0.3 is 6.18 Å². The second kappa shape index (κ2) is 4.91. The summed E-state index contributed by atoms with van der Waals surface area (Å²) in [6, 6.07) is 1.96. The molecule has 0 atom stereocenters. The number of H-pyrrole nitrogens is 1. The predicted octanol–water partition coefficient (Wildman–Crippen LogP) is 2.52. The summed E-state index contributed by atoms with van der Waals surface area (Å²) in [5.41, 5.74) is -1.85. The zero-order valence-corrected chi connectivity index (χ0v) is 10.0. The minimum atomic E-state index is -4.87. The molecule has 9 heteroatoms. The van der Waals surface area contributed by atoms with Gasteiger partial charge in [0, 0.05) is 5.56 Å². The Bertz CT molecular complexity index is 650. The molecule has 0 radical (unpaired) electrons. The Morgan fingerprint density at radius 3 is 2.60 bits per heavy atom. The van der Waals surface area contributed by atoms with Crippen LogP contribution in [-0.4, -0.2) is 21.1 Å². The van der Waals surface area contributed by atoms with E-state index in [1.165, 1.54) is 0 Å². The van der Waals surface area contributed by atoms with Crippen LogP contribution >= 0.6 is 0 Å². The van der Waals surface area contributed by atoms with Gasteiger partial charge in [0.05, 0.1) is 5.56 Å². The highest BCUT2D eigenvalue weighted by Gasteiger charge is 2.34. The van der Waals surface area contributed by atoms with Crippen molar-refractivity contribution in [3.63, 3.8) is 0 Å². The second-order valence-corrected chi connectivity index (χ2v) is 3.89. The number of aromatic amines is 1. The minimum Gasteiger partial charge on any atom is -0.289 e. The number of rotatable bonds is 2. The molecule has 2 aromatic rings. The van der Waals surface area contributed by atoms with Gasteiger partial charge in [0.25, 0.3) is 5.91 Å². The van der Waals surface area contributed by atoms with Gasteiger partial charge in [-0.1, -0.05) is 0 Å². The van der Waals surface area contributed by atoms with E-state index in [9.17, 15) is 22.4 Å². The van der Waals surface area contributed by atoms with Crippen molar-refractivity contribution in [3.8, 4) is 0 Å². The van der Waals surface area contributed by atoms with E-state index < -0.39 is 23.5 Å². The molecule has 2 N–H and O–H groups in total. The average Bonchev–Trinajstić information content (AvgIpc) is 2.73. The summed E-state index contributed by atoms with van der Waals surface area (Å²) in [6.07, 6.45) is -4.87. The van der Waals surface area contributed by atoms with Crippen LogP contribution in [0, 0.1) is 12.7 Å². The maximum Gasteiger partial charge on any atom is 0.419 e. The van der Waals surface area contributed by atoms with Gasteiger partial charge < -0.3 is 0 Å². The summed E-state index contributed by atoms with van der Waals surface area (Å²) in [6.45, 7) is 1.59. The first-order valence-electron chi connectivity index (χ1n) is 5.34. The summed E-state index contributed by atoms with van der Waals surface area (Å²) >= 11 is 0. The number of hydrogen-bond acceptors (Lipinski definition) is 3. The molecule has 1 heterocycles. The largest absolute Gasteiger partial charge is 0.419 e. The SMILES string of the molecule is Cc1nc(NC(=O)c2ccc(F)c(C(F)(F)F)c2)n[nH]1. The zero-order chi connectivity index (χ0) is 14.9. The lowest BCUT2D eigenvalue weighted by molar-refractivity contribution is -0.140. The number of carbonyl (C=O) groups excluding carboxylic acids is 1. The first-order valence-corrected chi connectivity index (χ1v) is 5.34. The third-order valence-corrected chi connectivity index (χ3v) is 2.36. The molecule has 2 rings (SSSR count). The first kappa shape index (κ1) is 14.0. The van der Waals surface area contributed by atoms with Gasteiger partial charge in [0.1, 0.15) is 11.6 Å². The number of hydrogen-bond donors (Lipinski definition) is 2. The van der Waals surface area contributed by atoms with Gasteiger partial charge in [-0.05, 0) is 25.1 Å². The lowest BCUT2D eigenvalue weighted by atomic mass is 10.1. The molecule has 1 aromatic heterocycles. The first-order chi connectivity index (χ1) is 9.27. The number of nitrogens with one attached hydrogen (secondary N) is 2. The molecule has 0 saturated heterocycles. The standard InChI is InChI=1S/C11H8F4N4O/c1-5-16-10(19-18-5)17-9(20)6-2-3-8(12)7(4-6)11(13,14)15/h2-4H,1H3,(H2,16,17,18,19,20). The van der Waals surface area contributed by atoms with Crippen LogP contribution in [0.5, 0.6) is 0 Å². The van der Waals surface area contributed by atoms with Crippen LogP contribution in [0.25, 0.3) is 0 Å². The van der Waals surface area contributed by atoms with Gasteiger partial charge in [0.15, 0.2) is 0 Å². The highest BCUT2D eigenvalue weighted by Crippen LogP contribution is 2.31. The van der Waals surface area contributed by atoms with Crippen LogP contribution in [0.3, 0.4) is 0 Å². The summed E-state index contributed by atoms with van der Waals surface area (Å²) in [5.74, 6) is -1.96. The van der Waals surface area contributed by atoms with E-state index in [1.54, 1.807) is 6.92 Å². The van der Waals surface area contributed by atoms with Gasteiger partial charge in [-0.15, -0.1) is 5.10 Å². The molecule has 1 aromatic carbocycles. The van der Waals surface area contributed by atoms with Crippen LogP contribution < -0.4 is 5.32 Å². The Hall–Kier alpha value is -2.45. The van der Waals surface area contributed by atoms with E-state index in [-0.39, 0.29) is 11.5 Å². The minimum absolute atomic E-state index is 0.0783. The molecule has 106 valence electrons. The molecular formula is C11H8F4N4O. The van der Waals surface area contributed by atoms with E-state index in [1.807, 2.05) is 0 Å². The molecule has 1 amide bonds. The van der Waals surface area contributed by atoms with Crippen molar-refractivity contribution in [1.29, 1.82) is 0 Å². The van der Waals surface area contributed by atoms with E-state index in [2.05, 4.69) is 20.5 Å². The van der Waals surface area contributed by atoms with Crippen LogP contribution in [0.15, 0.2) is 18.2 Å². The topological polar surface area (TPSA) is 70.7 Å². The lowest BCUT2D eigenvalue weighted by Gasteiger charge is -2.09. The lowest BCUT2D eigenvalue weighted by Crippen LogP contribution is -2.16. The molecule has 0 aliphatic rings. The van der Waals surface area contributed by atoms with Gasteiger partial charge in [-0.25, -0.2) is 4.39 Å². The smallest absolute Gasteiger partial charge is 0.289 e. The fourth-order valence-corrected chi connectivity index (χ4v) is 1.46. The third kappa shape index (κ3) is 2.92. The van der Waals surface area contributed by atoms with E-state index in [0.717, 1.165) is 6.07 Å². The van der Waals surface area contributed by atoms with Crippen molar-refractivity contribution in [2.75, 3.05) is 5.32 Å². The van der Waals surface area contributed by atoms with Crippen molar-refractivity contribution in [3.05, 3.63) is 41.0 Å². The Morgan fingerprint density at radius 2 is 2.05 bits per heavy atom. The molecule has 0 spiro atoms. The molecule has 5 nitrogen and oxygen atoms in total. The number of aromatic nitrogens is 3. The Balaban J connectivity index is 2.27. The van der Waals surface area contributed by atoms with Crippen molar-refractivity contribution < 1.29 is 22.4 Å². The predicted molar refractivity (Wildman–Crippen MR) is 60.5 cm³/mol.